The van der Waals surface area contributed by atoms with Crippen molar-refractivity contribution in [1.29, 1.82) is 0 Å². The van der Waals surface area contributed by atoms with Crippen LogP contribution < -0.4 is 5.69 Å². The molecular formula is C12H11ClF4N2O. The summed E-state index contributed by atoms with van der Waals surface area (Å²) in [4.78, 5) is 11.7. The van der Waals surface area contributed by atoms with Crippen LogP contribution in [0.2, 0.25) is 0 Å². The molecule has 20 heavy (non-hydrogen) atoms. The maximum absolute atomic E-state index is 13.3. The van der Waals surface area contributed by atoms with Gasteiger partial charge in [-0.25, -0.2) is 13.6 Å². The van der Waals surface area contributed by atoms with E-state index in [9.17, 15) is 22.4 Å². The molecule has 0 bridgehead atoms. The van der Waals surface area contributed by atoms with Crippen molar-refractivity contribution in [1.82, 2.24) is 9.13 Å². The molecular weight excluding hydrogens is 300 g/mol. The van der Waals surface area contributed by atoms with Crippen molar-refractivity contribution in [3.63, 3.8) is 0 Å². The van der Waals surface area contributed by atoms with Gasteiger partial charge in [-0.1, -0.05) is 6.07 Å². The van der Waals surface area contributed by atoms with Gasteiger partial charge < -0.3 is 0 Å². The number of alkyl halides is 5. The second-order valence-corrected chi connectivity index (χ2v) is 4.92. The molecule has 1 unspecified atom stereocenters. The Bertz CT molecular complexity index is 707. The fraction of sp³-hybridized carbons (Fsp3) is 0.417. The summed E-state index contributed by atoms with van der Waals surface area (Å²) in [5.74, 6) is -4.34. The Morgan fingerprint density at radius 2 is 1.70 bits per heavy atom. The van der Waals surface area contributed by atoms with E-state index in [1.54, 1.807) is 0 Å². The van der Waals surface area contributed by atoms with Crippen LogP contribution in [0.3, 0.4) is 0 Å². The van der Waals surface area contributed by atoms with Gasteiger partial charge >= 0.3 is 18.0 Å². The molecule has 0 aliphatic rings. The van der Waals surface area contributed by atoms with Crippen LogP contribution >= 0.6 is 11.6 Å². The van der Waals surface area contributed by atoms with Gasteiger partial charge in [-0.05, 0) is 17.7 Å². The second-order valence-electron chi connectivity index (χ2n) is 4.49. The minimum absolute atomic E-state index is 0.161. The first-order valence-electron chi connectivity index (χ1n) is 5.63. The molecule has 0 saturated carbocycles. The van der Waals surface area contributed by atoms with E-state index < -0.39 is 17.7 Å². The zero-order valence-electron chi connectivity index (χ0n) is 10.6. The van der Waals surface area contributed by atoms with Crippen LogP contribution in [-0.4, -0.2) is 21.5 Å². The van der Waals surface area contributed by atoms with Crippen LogP contribution in [0, 0.1) is 0 Å². The van der Waals surface area contributed by atoms with Gasteiger partial charge in [0.15, 0.2) is 0 Å². The van der Waals surface area contributed by atoms with E-state index in [0.717, 1.165) is 0 Å². The Labute approximate surface area is 116 Å². The third-order valence-electron chi connectivity index (χ3n) is 3.22. The summed E-state index contributed by atoms with van der Waals surface area (Å²) in [6.45, 7) is 0. The topological polar surface area (TPSA) is 26.9 Å². The van der Waals surface area contributed by atoms with Crippen molar-refractivity contribution in [2.24, 2.45) is 14.1 Å². The molecule has 0 aliphatic carbocycles. The minimum atomic E-state index is -4.34. The summed E-state index contributed by atoms with van der Waals surface area (Å²) in [5.41, 5.74) is 0.353. The van der Waals surface area contributed by atoms with Crippen LogP contribution in [0.25, 0.3) is 11.0 Å². The molecule has 0 fully saturated rings. The molecule has 2 rings (SSSR count). The van der Waals surface area contributed by atoms with E-state index in [1.165, 1.54) is 41.4 Å². The molecule has 0 N–H and O–H groups in total. The number of benzene rings is 1. The van der Waals surface area contributed by atoms with Crippen LogP contribution in [0.5, 0.6) is 0 Å². The van der Waals surface area contributed by atoms with E-state index in [-0.39, 0.29) is 11.3 Å². The third-order valence-corrected chi connectivity index (χ3v) is 3.76. The van der Waals surface area contributed by atoms with E-state index in [1.807, 2.05) is 0 Å². The second kappa shape index (κ2) is 4.80. The van der Waals surface area contributed by atoms with Crippen molar-refractivity contribution >= 4 is 22.6 Å². The molecule has 0 spiro atoms. The number of hydrogen-bond acceptors (Lipinski definition) is 1. The lowest BCUT2D eigenvalue weighted by Gasteiger charge is -2.21. The van der Waals surface area contributed by atoms with Gasteiger partial charge in [-0.15, -0.1) is 11.6 Å². The van der Waals surface area contributed by atoms with Gasteiger partial charge in [0.2, 0.25) is 0 Å². The number of imidazole rings is 1. The lowest BCUT2D eigenvalue weighted by atomic mass is 10.1. The number of aryl methyl sites for hydroxylation is 2. The number of rotatable bonds is 3. The zero-order valence-corrected chi connectivity index (χ0v) is 11.3. The number of halogens is 5. The average molecular weight is 311 g/mol. The highest BCUT2D eigenvalue weighted by Crippen LogP contribution is 2.41. The van der Waals surface area contributed by atoms with Crippen molar-refractivity contribution in [2.45, 2.75) is 17.7 Å². The summed E-state index contributed by atoms with van der Waals surface area (Å²) >= 11 is 5.47. The quantitative estimate of drug-likeness (QED) is 0.632. The van der Waals surface area contributed by atoms with Gasteiger partial charge in [0.25, 0.3) is 0 Å². The van der Waals surface area contributed by atoms with Crippen LogP contribution in [0.15, 0.2) is 23.0 Å². The van der Waals surface area contributed by atoms with Crippen molar-refractivity contribution in [3.05, 3.63) is 34.2 Å². The average Bonchev–Trinajstić information content (AvgIpc) is 2.62. The summed E-state index contributed by atoms with van der Waals surface area (Å²) in [5, 5.41) is -2.16. The lowest BCUT2D eigenvalue weighted by molar-refractivity contribution is -0.130. The van der Waals surface area contributed by atoms with E-state index >= 15 is 0 Å². The van der Waals surface area contributed by atoms with Gasteiger partial charge in [-0.3, -0.25) is 9.13 Å². The summed E-state index contributed by atoms with van der Waals surface area (Å²) < 4.78 is 53.7. The molecule has 1 aromatic carbocycles. The monoisotopic (exact) mass is 310 g/mol. The van der Waals surface area contributed by atoms with E-state index in [4.69, 9.17) is 11.6 Å². The molecule has 0 saturated heterocycles. The molecule has 0 amide bonds. The summed E-state index contributed by atoms with van der Waals surface area (Å²) in [7, 11) is 2.99. The fourth-order valence-corrected chi connectivity index (χ4v) is 2.25. The van der Waals surface area contributed by atoms with Gasteiger partial charge in [0.1, 0.15) is 5.38 Å². The predicted octanol–water partition coefficient (Wildman–Crippen LogP) is 3.06. The van der Waals surface area contributed by atoms with Crippen molar-refractivity contribution in [3.8, 4) is 0 Å². The maximum Gasteiger partial charge on any atom is 0.328 e. The number of hydrogen-bond donors (Lipinski definition) is 0. The van der Waals surface area contributed by atoms with Gasteiger partial charge in [-0.2, -0.15) is 8.78 Å². The number of nitrogens with zero attached hydrogens (tertiary/aromatic N) is 2. The first-order chi connectivity index (χ1) is 9.17. The molecule has 110 valence electrons. The Hall–Kier alpha value is -1.50. The first-order valence-corrected chi connectivity index (χ1v) is 6.07. The first kappa shape index (κ1) is 14.9. The Morgan fingerprint density at radius 3 is 2.25 bits per heavy atom. The molecule has 1 atom stereocenters. The maximum atomic E-state index is 13.3. The standard InChI is InChI=1S/C12H11ClF4N2O/c1-18-7-4-3-6(5-8(7)19(2)11(18)20)9(13)12(16,17)10(14)15/h3-5,9-10H,1-2H3. The summed E-state index contributed by atoms with van der Waals surface area (Å²) in [6, 6.07) is 3.85. The van der Waals surface area contributed by atoms with E-state index in [2.05, 4.69) is 0 Å². The highest BCUT2D eigenvalue weighted by atomic mass is 35.5. The smallest absolute Gasteiger partial charge is 0.295 e. The largest absolute Gasteiger partial charge is 0.328 e. The van der Waals surface area contributed by atoms with Crippen LogP contribution in [0.4, 0.5) is 17.6 Å². The fourth-order valence-electron chi connectivity index (χ4n) is 2.01. The Kier molecular flexibility index (Phi) is 3.58. The van der Waals surface area contributed by atoms with Crippen LogP contribution in [0.1, 0.15) is 10.9 Å². The van der Waals surface area contributed by atoms with Crippen LogP contribution in [-0.2, 0) is 14.1 Å². The number of fused-ring (bicyclic) bond motifs is 1. The third kappa shape index (κ3) is 2.09. The predicted molar refractivity (Wildman–Crippen MR) is 67.7 cm³/mol. The number of aromatic nitrogens is 2. The molecule has 0 radical (unpaired) electrons. The normalized spacial score (nSPS) is 14.2. The van der Waals surface area contributed by atoms with Crippen molar-refractivity contribution in [2.75, 3.05) is 0 Å². The lowest BCUT2D eigenvalue weighted by Crippen LogP contribution is -2.31. The minimum Gasteiger partial charge on any atom is -0.295 e. The SMILES string of the molecule is Cn1c(=O)n(C)c2cc(C(Cl)C(F)(F)C(F)F)ccc21. The molecule has 1 aromatic heterocycles. The highest BCUT2D eigenvalue weighted by molar-refractivity contribution is 6.21. The Morgan fingerprint density at radius 1 is 1.15 bits per heavy atom. The summed E-state index contributed by atoms with van der Waals surface area (Å²) in [6.07, 6.45) is -3.86. The highest BCUT2D eigenvalue weighted by Gasteiger charge is 2.48. The Balaban J connectivity index is 2.58. The van der Waals surface area contributed by atoms with Crippen molar-refractivity contribution < 1.29 is 17.6 Å². The molecule has 0 aliphatic heterocycles. The zero-order chi connectivity index (χ0) is 15.2. The van der Waals surface area contributed by atoms with E-state index in [0.29, 0.717) is 11.0 Å². The molecule has 8 heteroatoms. The molecule has 1 heterocycles. The van der Waals surface area contributed by atoms with Gasteiger partial charge in [0.05, 0.1) is 11.0 Å². The molecule has 2 aromatic rings. The molecule has 3 nitrogen and oxygen atoms in total. The van der Waals surface area contributed by atoms with Gasteiger partial charge in [0, 0.05) is 14.1 Å².